The number of carbonyl (C=O) groups is 1. The van der Waals surface area contributed by atoms with Crippen molar-refractivity contribution in [3.8, 4) is 5.75 Å². The van der Waals surface area contributed by atoms with Gasteiger partial charge in [0.25, 0.3) is 0 Å². The van der Waals surface area contributed by atoms with Crippen LogP contribution in [0, 0.1) is 0 Å². The number of aliphatic hydroxyl groups is 1. The Morgan fingerprint density at radius 2 is 1.77 bits per heavy atom. The Hall–Kier alpha value is -2.96. The summed E-state index contributed by atoms with van der Waals surface area (Å²) in [6, 6.07) is 13.7. The van der Waals surface area contributed by atoms with Gasteiger partial charge in [-0.15, -0.1) is 0 Å². The molecule has 0 radical (unpaired) electrons. The lowest BCUT2D eigenvalue weighted by molar-refractivity contribution is -0.00283. The molecule has 1 aromatic heterocycles. The molecular formula is C25H30N2O4. The van der Waals surface area contributed by atoms with E-state index < -0.39 is 11.7 Å². The highest BCUT2D eigenvalue weighted by Gasteiger charge is 2.30. The average Bonchev–Trinajstić information content (AvgIpc) is 2.67. The first-order valence-corrected chi connectivity index (χ1v) is 10.5. The van der Waals surface area contributed by atoms with Crippen LogP contribution in [0.2, 0.25) is 0 Å². The zero-order valence-electron chi connectivity index (χ0n) is 18.7. The van der Waals surface area contributed by atoms with Gasteiger partial charge in [-0.25, -0.2) is 4.79 Å². The molecule has 0 saturated heterocycles. The minimum absolute atomic E-state index is 0.235. The number of aryl methyl sites for hydroxylation is 1. The molecule has 3 rings (SSSR count). The lowest BCUT2D eigenvalue weighted by Gasteiger charge is -2.34. The maximum absolute atomic E-state index is 12.9. The second kappa shape index (κ2) is 8.65. The van der Waals surface area contributed by atoms with Gasteiger partial charge in [-0.3, -0.25) is 10.1 Å². The predicted octanol–water partition coefficient (Wildman–Crippen LogP) is 4.25. The minimum atomic E-state index is -1.37. The van der Waals surface area contributed by atoms with Gasteiger partial charge in [-0.2, -0.15) is 0 Å². The summed E-state index contributed by atoms with van der Waals surface area (Å²) in [4.78, 5) is 27.7. The second-order valence-corrected chi connectivity index (χ2v) is 8.97. The lowest BCUT2D eigenvalue weighted by Crippen LogP contribution is -2.50. The van der Waals surface area contributed by atoms with Crippen LogP contribution in [0.25, 0.3) is 10.9 Å². The molecule has 0 amide bonds. The topological polar surface area (TPSA) is 91.4 Å². The second-order valence-electron chi connectivity index (χ2n) is 8.97. The van der Waals surface area contributed by atoms with Crippen molar-refractivity contribution < 1.29 is 14.6 Å². The van der Waals surface area contributed by atoms with Crippen LogP contribution < -0.4 is 15.6 Å². The van der Waals surface area contributed by atoms with Crippen molar-refractivity contribution >= 4 is 16.9 Å². The summed E-state index contributed by atoms with van der Waals surface area (Å²) < 4.78 is 5.71. The van der Waals surface area contributed by atoms with Crippen molar-refractivity contribution in [3.63, 3.8) is 0 Å². The van der Waals surface area contributed by atoms with Gasteiger partial charge < -0.3 is 14.8 Å². The van der Waals surface area contributed by atoms with Gasteiger partial charge in [0.15, 0.2) is 5.75 Å². The standard InChI is InChI=1S/C25H30N2O4/c1-6-9-16-10-7-8-11-17(16)23(29)31-20-14-13-19(25(5,30)27-24(2,3)4)18-12-15-21(28)26-22(18)20/h7-8,10-15,27,30H,6,9H2,1-5H3,(H,26,28). The fourth-order valence-corrected chi connectivity index (χ4v) is 3.89. The summed E-state index contributed by atoms with van der Waals surface area (Å²) in [6.07, 6.45) is 1.67. The smallest absolute Gasteiger partial charge is 0.343 e. The van der Waals surface area contributed by atoms with Gasteiger partial charge in [0, 0.05) is 22.6 Å². The van der Waals surface area contributed by atoms with Crippen LogP contribution in [0.15, 0.2) is 53.3 Å². The molecule has 6 heteroatoms. The van der Waals surface area contributed by atoms with Crippen LogP contribution in [-0.2, 0) is 12.1 Å². The summed E-state index contributed by atoms with van der Waals surface area (Å²) in [5.41, 5.74) is 0.304. The van der Waals surface area contributed by atoms with Crippen molar-refractivity contribution in [2.75, 3.05) is 0 Å². The number of rotatable bonds is 6. The Kier molecular flexibility index (Phi) is 6.34. The quantitative estimate of drug-likeness (QED) is 0.314. The van der Waals surface area contributed by atoms with E-state index in [1.54, 1.807) is 37.3 Å². The third-order valence-corrected chi connectivity index (χ3v) is 4.96. The fourth-order valence-electron chi connectivity index (χ4n) is 3.89. The zero-order valence-corrected chi connectivity index (χ0v) is 18.7. The Balaban J connectivity index is 2.07. The highest BCUT2D eigenvalue weighted by atomic mass is 16.5. The summed E-state index contributed by atoms with van der Waals surface area (Å²) in [5, 5.41) is 14.9. The molecule has 1 heterocycles. The van der Waals surface area contributed by atoms with E-state index >= 15 is 0 Å². The first-order valence-electron chi connectivity index (χ1n) is 10.5. The summed E-state index contributed by atoms with van der Waals surface area (Å²) in [5.74, 6) is -0.248. The number of pyridine rings is 1. The van der Waals surface area contributed by atoms with Gasteiger partial charge in [0.2, 0.25) is 5.56 Å². The van der Waals surface area contributed by atoms with E-state index in [0.29, 0.717) is 22.0 Å². The van der Waals surface area contributed by atoms with E-state index in [-0.39, 0.29) is 16.8 Å². The van der Waals surface area contributed by atoms with Gasteiger partial charge in [-0.05, 0) is 57.9 Å². The summed E-state index contributed by atoms with van der Waals surface area (Å²) in [7, 11) is 0. The van der Waals surface area contributed by atoms with E-state index in [1.807, 2.05) is 32.9 Å². The molecule has 0 spiro atoms. The highest BCUT2D eigenvalue weighted by molar-refractivity contribution is 5.96. The number of hydrogen-bond acceptors (Lipinski definition) is 5. The number of fused-ring (bicyclic) bond motifs is 1. The maximum atomic E-state index is 12.9. The van der Waals surface area contributed by atoms with Crippen LogP contribution in [0.1, 0.15) is 62.5 Å². The molecule has 1 unspecified atom stereocenters. The number of hydrogen-bond donors (Lipinski definition) is 3. The molecule has 0 aliphatic heterocycles. The number of esters is 1. The number of nitrogens with one attached hydrogen (secondary N) is 2. The molecule has 0 aliphatic rings. The fraction of sp³-hybridized carbons (Fsp3) is 0.360. The maximum Gasteiger partial charge on any atom is 0.343 e. The van der Waals surface area contributed by atoms with E-state index in [1.165, 1.54) is 6.07 Å². The van der Waals surface area contributed by atoms with Gasteiger partial charge in [-0.1, -0.05) is 37.6 Å². The van der Waals surface area contributed by atoms with Crippen LogP contribution in [0.4, 0.5) is 0 Å². The first-order chi connectivity index (χ1) is 14.5. The molecule has 6 nitrogen and oxygen atoms in total. The van der Waals surface area contributed by atoms with Crippen molar-refractivity contribution in [2.24, 2.45) is 0 Å². The van der Waals surface area contributed by atoms with Crippen LogP contribution >= 0.6 is 0 Å². The highest BCUT2D eigenvalue weighted by Crippen LogP contribution is 2.33. The monoisotopic (exact) mass is 422 g/mol. The van der Waals surface area contributed by atoms with Crippen LogP contribution in [-0.4, -0.2) is 21.6 Å². The number of benzene rings is 2. The summed E-state index contributed by atoms with van der Waals surface area (Å²) >= 11 is 0. The van der Waals surface area contributed by atoms with Gasteiger partial charge >= 0.3 is 5.97 Å². The normalized spacial score (nSPS) is 13.7. The van der Waals surface area contributed by atoms with Gasteiger partial charge in [0.05, 0.1) is 11.1 Å². The molecule has 3 N–H and O–H groups in total. The molecule has 0 aliphatic carbocycles. The third kappa shape index (κ3) is 5.21. The Bertz CT molecular complexity index is 1160. The Morgan fingerprint density at radius 1 is 1.06 bits per heavy atom. The Morgan fingerprint density at radius 3 is 2.45 bits per heavy atom. The van der Waals surface area contributed by atoms with E-state index in [9.17, 15) is 14.7 Å². The molecule has 0 saturated carbocycles. The largest absolute Gasteiger partial charge is 0.421 e. The van der Waals surface area contributed by atoms with E-state index in [0.717, 1.165) is 18.4 Å². The molecule has 3 aromatic rings. The number of H-pyrrole nitrogens is 1. The molecular weight excluding hydrogens is 392 g/mol. The number of carbonyl (C=O) groups excluding carboxylic acids is 1. The molecule has 0 fully saturated rings. The lowest BCUT2D eigenvalue weighted by atomic mass is 9.95. The van der Waals surface area contributed by atoms with Crippen molar-refractivity contribution in [2.45, 2.75) is 58.7 Å². The number of aromatic nitrogens is 1. The predicted molar refractivity (Wildman–Crippen MR) is 122 cm³/mol. The zero-order chi connectivity index (χ0) is 22.8. The SMILES string of the molecule is CCCc1ccccc1C(=O)Oc1ccc(C(C)(O)NC(C)(C)C)c2ccc(=O)[nH]c12. The van der Waals surface area contributed by atoms with Crippen molar-refractivity contribution in [1.29, 1.82) is 0 Å². The van der Waals surface area contributed by atoms with Gasteiger partial charge in [0.1, 0.15) is 5.72 Å². The Labute approximate surface area is 182 Å². The van der Waals surface area contributed by atoms with Crippen molar-refractivity contribution in [1.82, 2.24) is 10.3 Å². The average molecular weight is 423 g/mol. The van der Waals surface area contributed by atoms with Crippen LogP contribution in [0.5, 0.6) is 5.75 Å². The molecule has 164 valence electrons. The van der Waals surface area contributed by atoms with E-state index in [4.69, 9.17) is 4.74 Å². The van der Waals surface area contributed by atoms with Crippen molar-refractivity contribution in [3.05, 3.63) is 75.6 Å². The number of aromatic amines is 1. The minimum Gasteiger partial charge on any atom is -0.421 e. The van der Waals surface area contributed by atoms with E-state index in [2.05, 4.69) is 17.2 Å². The first kappa shape index (κ1) is 22.7. The van der Waals surface area contributed by atoms with Crippen LogP contribution in [0.3, 0.4) is 0 Å². The third-order valence-electron chi connectivity index (χ3n) is 4.96. The summed E-state index contributed by atoms with van der Waals surface area (Å²) in [6.45, 7) is 9.57. The number of ether oxygens (including phenoxy) is 1. The molecule has 2 aromatic carbocycles. The molecule has 31 heavy (non-hydrogen) atoms. The molecule has 1 atom stereocenters. The molecule has 0 bridgehead atoms.